The minimum absolute atomic E-state index is 0. The van der Waals surface area contributed by atoms with Crippen molar-refractivity contribution in [3.63, 3.8) is 0 Å². The van der Waals surface area contributed by atoms with Crippen LogP contribution in [0.15, 0.2) is 48.8 Å². The molecule has 0 bridgehead atoms. The van der Waals surface area contributed by atoms with Gasteiger partial charge in [-0.3, -0.25) is 9.97 Å². The molecule has 212 valence electrons. The first-order valence-electron chi connectivity index (χ1n) is 14.0. The van der Waals surface area contributed by atoms with E-state index < -0.39 is 0 Å². The van der Waals surface area contributed by atoms with E-state index in [1.807, 2.05) is 36.7 Å². The van der Waals surface area contributed by atoms with Crippen molar-refractivity contribution in [2.75, 3.05) is 0 Å². The van der Waals surface area contributed by atoms with Crippen molar-refractivity contribution < 1.29 is 21.1 Å². The van der Waals surface area contributed by atoms with Crippen LogP contribution in [0.3, 0.4) is 0 Å². The summed E-state index contributed by atoms with van der Waals surface area (Å²) in [6.07, 6.45) is 7.98. The molecule has 0 unspecified atom stereocenters. The largest absolute Gasteiger partial charge is 2.00 e. The molecule has 0 radical (unpaired) electrons. The van der Waals surface area contributed by atoms with Gasteiger partial charge in [0.15, 0.2) is 0 Å². The van der Waals surface area contributed by atoms with Gasteiger partial charge in [-0.2, -0.15) is 0 Å². The molecule has 4 rings (SSSR count). The molecule has 0 fully saturated rings. The van der Waals surface area contributed by atoms with E-state index in [1.54, 1.807) is 0 Å². The molecule has 4 aromatic heterocycles. The number of hydrogen-bond acceptors (Lipinski definition) is 4. The Hall–Kier alpha value is -2.59. The molecular formula is C32H44N6Pt. The van der Waals surface area contributed by atoms with Crippen LogP contribution < -0.4 is 10.2 Å². The summed E-state index contributed by atoms with van der Waals surface area (Å²) in [5.41, 5.74) is 8.25. The zero-order valence-electron chi connectivity index (χ0n) is 24.8. The van der Waals surface area contributed by atoms with E-state index in [4.69, 9.17) is 0 Å². The van der Waals surface area contributed by atoms with Gasteiger partial charge in [0, 0.05) is 35.2 Å². The maximum absolute atomic E-state index is 4.49. The fourth-order valence-electron chi connectivity index (χ4n) is 4.29. The summed E-state index contributed by atoms with van der Waals surface area (Å²) in [7, 11) is 0. The van der Waals surface area contributed by atoms with E-state index in [1.165, 1.54) is 11.1 Å². The van der Waals surface area contributed by atoms with Crippen molar-refractivity contribution in [2.24, 2.45) is 23.7 Å². The predicted octanol–water partition coefficient (Wildman–Crippen LogP) is 6.99. The molecule has 6 nitrogen and oxygen atoms in total. The van der Waals surface area contributed by atoms with Gasteiger partial charge in [0.25, 0.3) is 0 Å². The molecule has 0 saturated heterocycles. The normalized spacial score (nSPS) is 11.2. The molecule has 0 saturated carbocycles. The predicted molar refractivity (Wildman–Crippen MR) is 156 cm³/mol. The topological polar surface area (TPSA) is 79.8 Å². The first kappa shape index (κ1) is 32.6. The van der Waals surface area contributed by atoms with Crippen LogP contribution in [-0.2, 0) is 46.7 Å². The zero-order chi connectivity index (χ0) is 27.7. The van der Waals surface area contributed by atoms with Crippen LogP contribution >= 0.6 is 0 Å². The van der Waals surface area contributed by atoms with Gasteiger partial charge in [0.2, 0.25) is 0 Å². The Morgan fingerprint density at radius 1 is 0.538 bits per heavy atom. The SMILES string of the molecule is CC(C)Cc1ccc(-c2cc(CC(C)C)n[n-]2)nc1.CC(C)Cc1ccc(-c2cc(CC(C)C)n[n-]2)nc1.[Pt+2]. The van der Waals surface area contributed by atoms with Crippen LogP contribution in [0.25, 0.3) is 22.8 Å². The molecule has 7 heteroatoms. The summed E-state index contributed by atoms with van der Waals surface area (Å²) in [4.78, 5) is 8.98. The van der Waals surface area contributed by atoms with Crippen LogP contribution in [-0.4, -0.2) is 20.2 Å². The summed E-state index contributed by atoms with van der Waals surface area (Å²) < 4.78 is 0. The molecule has 0 aliphatic carbocycles. The van der Waals surface area contributed by atoms with Gasteiger partial charge in [-0.05, 0) is 72.6 Å². The fourth-order valence-corrected chi connectivity index (χ4v) is 4.29. The number of aromatic nitrogens is 6. The van der Waals surface area contributed by atoms with E-state index in [2.05, 4.69) is 97.9 Å². The second-order valence-corrected chi connectivity index (χ2v) is 11.9. The Labute approximate surface area is 249 Å². The Morgan fingerprint density at radius 3 is 1.18 bits per heavy atom. The molecule has 4 heterocycles. The molecule has 0 aliphatic rings. The summed E-state index contributed by atoms with van der Waals surface area (Å²) in [5, 5.41) is 16.9. The fraction of sp³-hybridized carbons (Fsp3) is 0.500. The third-order valence-electron chi connectivity index (χ3n) is 5.88. The average Bonchev–Trinajstić information content (AvgIpc) is 3.49. The van der Waals surface area contributed by atoms with Crippen LogP contribution in [0.5, 0.6) is 0 Å². The van der Waals surface area contributed by atoms with Gasteiger partial charge in [0.05, 0.1) is 0 Å². The maximum atomic E-state index is 4.49. The third-order valence-corrected chi connectivity index (χ3v) is 5.88. The number of rotatable bonds is 10. The van der Waals surface area contributed by atoms with Gasteiger partial charge in [-0.15, -0.1) is 0 Å². The molecule has 0 N–H and O–H groups in total. The van der Waals surface area contributed by atoms with Crippen LogP contribution in [0.4, 0.5) is 0 Å². The number of nitrogens with zero attached hydrogens (tertiary/aromatic N) is 6. The standard InChI is InChI=1S/2C16H22N3.Pt/c2*1-11(2)7-13-5-6-15(17-10-13)16-9-14(18-19-16)8-12(3)4;/h2*5-6,9-12H,7-8H2,1-4H3;/q2*-1;+2. The van der Waals surface area contributed by atoms with Crippen LogP contribution in [0, 0.1) is 23.7 Å². The van der Waals surface area contributed by atoms with Gasteiger partial charge in [-0.25, -0.2) is 0 Å². The minimum atomic E-state index is 0. The quantitative estimate of drug-likeness (QED) is 0.177. The van der Waals surface area contributed by atoms with E-state index in [0.717, 1.165) is 59.8 Å². The van der Waals surface area contributed by atoms with Gasteiger partial charge in [-0.1, -0.05) is 91.0 Å². The van der Waals surface area contributed by atoms with Gasteiger partial charge in [0.1, 0.15) is 0 Å². The van der Waals surface area contributed by atoms with Crippen molar-refractivity contribution in [1.29, 1.82) is 0 Å². The summed E-state index contributed by atoms with van der Waals surface area (Å²) in [5.74, 6) is 2.52. The first-order valence-corrected chi connectivity index (χ1v) is 14.0. The first-order chi connectivity index (χ1) is 18.1. The second kappa shape index (κ2) is 15.9. The molecule has 0 aliphatic heterocycles. The summed E-state index contributed by atoms with van der Waals surface area (Å²) in [6.45, 7) is 17.6. The molecule has 0 aromatic carbocycles. The van der Waals surface area contributed by atoms with Crippen LogP contribution in [0.1, 0.15) is 77.9 Å². The molecular weight excluding hydrogens is 663 g/mol. The van der Waals surface area contributed by atoms with E-state index in [0.29, 0.717) is 23.7 Å². The average molecular weight is 708 g/mol. The Bertz CT molecular complexity index is 1120. The summed E-state index contributed by atoms with van der Waals surface area (Å²) in [6, 6.07) is 12.5. The third kappa shape index (κ3) is 11.2. The van der Waals surface area contributed by atoms with E-state index in [9.17, 15) is 0 Å². The molecule has 0 amide bonds. The summed E-state index contributed by atoms with van der Waals surface area (Å²) >= 11 is 0. The second-order valence-electron chi connectivity index (χ2n) is 11.9. The van der Waals surface area contributed by atoms with Crippen molar-refractivity contribution in [3.8, 4) is 22.8 Å². The number of hydrogen-bond donors (Lipinski definition) is 0. The smallest absolute Gasteiger partial charge is 0.573 e. The molecule has 0 spiro atoms. The maximum Gasteiger partial charge on any atom is 2.00 e. The monoisotopic (exact) mass is 707 g/mol. The molecule has 0 atom stereocenters. The molecule has 4 aromatic rings. The van der Waals surface area contributed by atoms with Crippen molar-refractivity contribution in [1.82, 2.24) is 30.4 Å². The van der Waals surface area contributed by atoms with E-state index in [-0.39, 0.29) is 21.1 Å². The Morgan fingerprint density at radius 2 is 0.897 bits per heavy atom. The minimum Gasteiger partial charge on any atom is -0.573 e. The van der Waals surface area contributed by atoms with E-state index >= 15 is 0 Å². The number of pyridine rings is 2. The molecule has 39 heavy (non-hydrogen) atoms. The van der Waals surface area contributed by atoms with Crippen molar-refractivity contribution in [3.05, 3.63) is 71.3 Å². The van der Waals surface area contributed by atoms with Gasteiger partial charge >= 0.3 is 21.1 Å². The Kier molecular flexibility index (Phi) is 13.3. The van der Waals surface area contributed by atoms with Crippen molar-refractivity contribution in [2.45, 2.75) is 81.1 Å². The Balaban J connectivity index is 0.000000267. The van der Waals surface area contributed by atoms with Gasteiger partial charge < -0.3 is 20.4 Å². The zero-order valence-corrected chi connectivity index (χ0v) is 27.0. The van der Waals surface area contributed by atoms with Crippen LogP contribution in [0.2, 0.25) is 0 Å². The van der Waals surface area contributed by atoms with Crippen molar-refractivity contribution >= 4 is 0 Å².